The van der Waals surface area contributed by atoms with Crippen molar-refractivity contribution in [2.75, 3.05) is 31.1 Å². The van der Waals surface area contributed by atoms with E-state index in [0.29, 0.717) is 38.4 Å². The molecule has 0 unspecified atom stereocenters. The minimum absolute atomic E-state index is 0.270. The maximum Gasteiger partial charge on any atom is 0.407 e. The van der Waals surface area contributed by atoms with Crippen molar-refractivity contribution in [3.63, 3.8) is 0 Å². The number of piperazine rings is 1. The van der Waals surface area contributed by atoms with Gasteiger partial charge in [-0.15, -0.1) is 11.3 Å². The maximum atomic E-state index is 12.4. The summed E-state index contributed by atoms with van der Waals surface area (Å²) in [7, 11) is 0. The van der Waals surface area contributed by atoms with Crippen LogP contribution in [0.5, 0.6) is 0 Å². The van der Waals surface area contributed by atoms with Crippen LogP contribution in [-0.4, -0.2) is 62.6 Å². The van der Waals surface area contributed by atoms with Crippen molar-refractivity contribution in [2.45, 2.75) is 6.54 Å². The van der Waals surface area contributed by atoms with Crippen LogP contribution in [0.25, 0.3) is 6.08 Å². The zero-order chi connectivity index (χ0) is 18.1. The van der Waals surface area contributed by atoms with Gasteiger partial charge in [-0.25, -0.2) is 14.2 Å². The van der Waals surface area contributed by atoms with Crippen LogP contribution in [0.4, 0.5) is 9.93 Å². The number of carbonyl (C=O) groups is 2. The Kier molecular flexibility index (Phi) is 4.47. The van der Waals surface area contributed by atoms with Gasteiger partial charge in [0.2, 0.25) is 0 Å². The van der Waals surface area contributed by atoms with Crippen LogP contribution in [0, 0.1) is 0 Å². The SMILES string of the molecule is O=C(NN1C=Cc2sncc2C1)c1csc(N2CCN(C(=O)O)CC2)n1. The number of fused-ring (bicyclic) bond motifs is 1. The minimum Gasteiger partial charge on any atom is -0.465 e. The summed E-state index contributed by atoms with van der Waals surface area (Å²) in [5.74, 6) is -0.270. The van der Waals surface area contributed by atoms with Gasteiger partial charge in [0.05, 0.1) is 11.4 Å². The molecular weight excluding hydrogens is 376 g/mol. The molecule has 2 aromatic heterocycles. The summed E-state index contributed by atoms with van der Waals surface area (Å²) < 4.78 is 4.14. The molecule has 0 radical (unpaired) electrons. The first-order valence-corrected chi connectivity index (χ1v) is 9.63. The van der Waals surface area contributed by atoms with Gasteiger partial charge in [-0.3, -0.25) is 15.2 Å². The van der Waals surface area contributed by atoms with Crippen molar-refractivity contribution in [1.82, 2.24) is 24.7 Å². The lowest BCUT2D eigenvalue weighted by molar-refractivity contribution is 0.0839. The van der Waals surface area contributed by atoms with E-state index in [1.165, 1.54) is 27.8 Å². The van der Waals surface area contributed by atoms with Crippen LogP contribution in [0.1, 0.15) is 20.9 Å². The van der Waals surface area contributed by atoms with E-state index in [9.17, 15) is 9.59 Å². The number of carboxylic acid groups (broad SMARTS) is 1. The third-order valence-electron chi connectivity index (χ3n) is 4.21. The fraction of sp³-hybridized carbons (Fsp3) is 0.333. The average molecular weight is 392 g/mol. The summed E-state index contributed by atoms with van der Waals surface area (Å²) in [4.78, 5) is 32.3. The first kappa shape index (κ1) is 16.8. The monoisotopic (exact) mass is 392 g/mol. The molecule has 1 saturated heterocycles. The zero-order valence-corrected chi connectivity index (χ0v) is 15.3. The van der Waals surface area contributed by atoms with Gasteiger partial charge < -0.3 is 14.9 Å². The van der Waals surface area contributed by atoms with Gasteiger partial charge in [-0.2, -0.15) is 0 Å². The summed E-state index contributed by atoms with van der Waals surface area (Å²) in [6, 6.07) is 0. The van der Waals surface area contributed by atoms with Crippen molar-refractivity contribution >= 4 is 46.1 Å². The molecule has 2 N–H and O–H groups in total. The summed E-state index contributed by atoms with van der Waals surface area (Å²) in [5, 5.41) is 13.2. The normalized spacial score (nSPS) is 16.5. The molecule has 0 bridgehead atoms. The average Bonchev–Trinajstić information content (AvgIpc) is 3.31. The van der Waals surface area contributed by atoms with Gasteiger partial charge in [0.15, 0.2) is 5.13 Å². The summed E-state index contributed by atoms with van der Waals surface area (Å²) in [6.07, 6.45) is 4.64. The lowest BCUT2D eigenvalue weighted by atomic mass is 10.2. The molecule has 2 aliphatic rings. The van der Waals surface area contributed by atoms with Crippen LogP contribution in [-0.2, 0) is 6.54 Å². The van der Waals surface area contributed by atoms with E-state index in [-0.39, 0.29) is 5.91 Å². The highest BCUT2D eigenvalue weighted by atomic mass is 32.1. The summed E-state index contributed by atoms with van der Waals surface area (Å²) in [6.45, 7) is 2.59. The number of anilines is 1. The molecule has 0 saturated carbocycles. The van der Waals surface area contributed by atoms with Crippen molar-refractivity contribution in [3.8, 4) is 0 Å². The number of carbonyl (C=O) groups excluding carboxylic acids is 1. The molecule has 26 heavy (non-hydrogen) atoms. The number of amides is 2. The van der Waals surface area contributed by atoms with Crippen molar-refractivity contribution in [1.29, 1.82) is 0 Å². The zero-order valence-electron chi connectivity index (χ0n) is 13.7. The first-order valence-electron chi connectivity index (χ1n) is 7.98. The van der Waals surface area contributed by atoms with Crippen molar-refractivity contribution in [3.05, 3.63) is 33.9 Å². The van der Waals surface area contributed by atoms with E-state index < -0.39 is 6.09 Å². The standard InChI is InChI=1S/C15H16N6O3S2/c22-13(18-21-2-1-12-10(8-21)7-16-26-12)11-9-25-14(17-11)19-3-5-20(6-4-19)15(23)24/h1-2,7,9H,3-6,8H2,(H,18,22)(H,23,24). The molecule has 0 atom stereocenters. The minimum atomic E-state index is -0.901. The van der Waals surface area contributed by atoms with E-state index >= 15 is 0 Å². The Morgan fingerprint density at radius 3 is 2.81 bits per heavy atom. The number of hydrazine groups is 1. The number of nitrogens with one attached hydrogen (secondary N) is 1. The van der Waals surface area contributed by atoms with Gasteiger partial charge in [0.1, 0.15) is 5.69 Å². The lowest BCUT2D eigenvalue weighted by Gasteiger charge is -2.32. The molecule has 9 nitrogen and oxygen atoms in total. The first-order chi connectivity index (χ1) is 12.6. The highest BCUT2D eigenvalue weighted by molar-refractivity contribution is 7.14. The Labute approximate surface area is 157 Å². The fourth-order valence-electron chi connectivity index (χ4n) is 2.79. The number of thiazole rings is 1. The van der Waals surface area contributed by atoms with Gasteiger partial charge in [-0.05, 0) is 17.6 Å². The van der Waals surface area contributed by atoms with E-state index in [4.69, 9.17) is 5.11 Å². The van der Waals surface area contributed by atoms with E-state index in [2.05, 4.69) is 14.8 Å². The molecule has 4 rings (SSSR count). The van der Waals surface area contributed by atoms with Gasteiger partial charge in [0, 0.05) is 49.5 Å². The second-order valence-corrected chi connectivity index (χ2v) is 7.54. The Morgan fingerprint density at radius 1 is 1.23 bits per heavy atom. The van der Waals surface area contributed by atoms with Gasteiger partial charge in [-0.1, -0.05) is 0 Å². The molecule has 136 valence electrons. The molecule has 11 heteroatoms. The predicted molar refractivity (Wildman–Crippen MR) is 98.1 cm³/mol. The number of hydrogen-bond acceptors (Lipinski definition) is 8. The second kappa shape index (κ2) is 6.92. The van der Waals surface area contributed by atoms with E-state index in [0.717, 1.165) is 15.6 Å². The Hall–Kier alpha value is -2.66. The number of aromatic nitrogens is 2. The smallest absolute Gasteiger partial charge is 0.407 e. The highest BCUT2D eigenvalue weighted by Crippen LogP contribution is 2.23. The maximum absolute atomic E-state index is 12.4. The summed E-state index contributed by atoms with van der Waals surface area (Å²) >= 11 is 2.82. The van der Waals surface area contributed by atoms with Gasteiger partial charge in [0.25, 0.3) is 5.91 Å². The van der Waals surface area contributed by atoms with Crippen molar-refractivity contribution in [2.24, 2.45) is 0 Å². The van der Waals surface area contributed by atoms with Gasteiger partial charge >= 0.3 is 6.09 Å². The highest BCUT2D eigenvalue weighted by Gasteiger charge is 2.23. The van der Waals surface area contributed by atoms with Crippen LogP contribution in [0.3, 0.4) is 0 Å². The van der Waals surface area contributed by atoms with Crippen LogP contribution >= 0.6 is 22.9 Å². The fourth-order valence-corrected chi connectivity index (χ4v) is 4.30. The number of rotatable bonds is 3. The van der Waals surface area contributed by atoms with E-state index in [1.807, 2.05) is 17.2 Å². The molecule has 0 spiro atoms. The number of hydrogen-bond donors (Lipinski definition) is 2. The Morgan fingerprint density at radius 2 is 2.04 bits per heavy atom. The third-order valence-corrected chi connectivity index (χ3v) is 5.92. The summed E-state index contributed by atoms with van der Waals surface area (Å²) in [5.41, 5.74) is 4.26. The molecule has 2 aromatic rings. The number of nitrogens with zero attached hydrogens (tertiary/aromatic N) is 5. The van der Waals surface area contributed by atoms with E-state index in [1.54, 1.807) is 16.6 Å². The quantitative estimate of drug-likeness (QED) is 0.817. The van der Waals surface area contributed by atoms with Crippen molar-refractivity contribution < 1.29 is 14.7 Å². The molecule has 2 aliphatic heterocycles. The Balaban J connectivity index is 1.36. The molecular formula is C15H16N6O3S2. The lowest BCUT2D eigenvalue weighted by Crippen LogP contribution is -2.48. The van der Waals surface area contributed by atoms with Crippen LogP contribution in [0.2, 0.25) is 0 Å². The molecule has 0 aliphatic carbocycles. The Bertz CT molecular complexity index is 855. The predicted octanol–water partition coefficient (Wildman–Crippen LogP) is 1.53. The molecule has 2 amide bonds. The molecule has 1 fully saturated rings. The van der Waals surface area contributed by atoms with Crippen LogP contribution in [0.15, 0.2) is 17.8 Å². The third kappa shape index (κ3) is 3.35. The largest absolute Gasteiger partial charge is 0.465 e. The molecule has 4 heterocycles. The molecule has 0 aromatic carbocycles. The topological polar surface area (TPSA) is 102 Å². The van der Waals surface area contributed by atoms with Crippen LogP contribution < -0.4 is 10.3 Å². The second-order valence-electron chi connectivity index (χ2n) is 5.87.